The van der Waals surface area contributed by atoms with Crippen molar-refractivity contribution >= 4 is 17.6 Å². The standard InChI is InChI=1S/C13H17F2N3O3/c1-2-7-16-13(20)18-11(19)8-17-9-5-3-4-6-10(9)21-12(14)15/h3-6,12,17H,2,7-8H2,1H3,(H2,16,18,19,20). The van der Waals surface area contributed by atoms with Crippen molar-refractivity contribution in [3.63, 3.8) is 0 Å². The summed E-state index contributed by atoms with van der Waals surface area (Å²) in [5.74, 6) is -0.661. The van der Waals surface area contributed by atoms with Crippen LogP contribution in [-0.4, -0.2) is 31.6 Å². The minimum Gasteiger partial charge on any atom is -0.433 e. The Kier molecular flexibility index (Phi) is 6.93. The number of para-hydroxylation sites is 2. The second kappa shape index (κ2) is 8.72. The highest BCUT2D eigenvalue weighted by Crippen LogP contribution is 2.24. The minimum atomic E-state index is -2.96. The number of alkyl halides is 2. The van der Waals surface area contributed by atoms with Gasteiger partial charge in [-0.25, -0.2) is 4.79 Å². The zero-order valence-corrected chi connectivity index (χ0v) is 11.5. The molecule has 1 aromatic carbocycles. The van der Waals surface area contributed by atoms with Gasteiger partial charge in [0.05, 0.1) is 12.2 Å². The highest BCUT2D eigenvalue weighted by Gasteiger charge is 2.11. The van der Waals surface area contributed by atoms with Crippen molar-refractivity contribution in [1.29, 1.82) is 0 Å². The van der Waals surface area contributed by atoms with Crippen LogP contribution in [0.2, 0.25) is 0 Å². The van der Waals surface area contributed by atoms with Gasteiger partial charge in [0.1, 0.15) is 5.75 Å². The fourth-order valence-corrected chi connectivity index (χ4v) is 1.44. The first kappa shape index (κ1) is 16.7. The lowest BCUT2D eigenvalue weighted by Gasteiger charge is -2.12. The van der Waals surface area contributed by atoms with Crippen molar-refractivity contribution in [1.82, 2.24) is 10.6 Å². The lowest BCUT2D eigenvalue weighted by atomic mass is 10.3. The highest BCUT2D eigenvalue weighted by molar-refractivity contribution is 5.96. The third kappa shape index (κ3) is 6.55. The third-order valence-corrected chi connectivity index (χ3v) is 2.33. The first-order valence-corrected chi connectivity index (χ1v) is 6.38. The predicted molar refractivity (Wildman–Crippen MR) is 73.4 cm³/mol. The number of urea groups is 1. The molecule has 0 radical (unpaired) electrons. The van der Waals surface area contributed by atoms with Crippen molar-refractivity contribution < 1.29 is 23.1 Å². The topological polar surface area (TPSA) is 79.5 Å². The van der Waals surface area contributed by atoms with Gasteiger partial charge in [-0.3, -0.25) is 10.1 Å². The van der Waals surface area contributed by atoms with Crippen LogP contribution >= 0.6 is 0 Å². The molecule has 3 N–H and O–H groups in total. The summed E-state index contributed by atoms with van der Waals surface area (Å²) in [6, 6.07) is 5.37. The second-order valence-electron chi connectivity index (χ2n) is 4.03. The molecule has 0 saturated heterocycles. The number of benzene rings is 1. The highest BCUT2D eigenvalue weighted by atomic mass is 19.3. The number of hydrogen-bond acceptors (Lipinski definition) is 4. The first-order valence-electron chi connectivity index (χ1n) is 6.38. The van der Waals surface area contributed by atoms with Gasteiger partial charge in [-0.05, 0) is 18.6 Å². The van der Waals surface area contributed by atoms with Gasteiger partial charge in [-0.15, -0.1) is 0 Å². The summed E-state index contributed by atoms with van der Waals surface area (Å²) in [5.41, 5.74) is 0.238. The van der Waals surface area contributed by atoms with Crippen molar-refractivity contribution in [2.75, 3.05) is 18.4 Å². The van der Waals surface area contributed by atoms with Crippen LogP contribution in [0.4, 0.5) is 19.3 Å². The van der Waals surface area contributed by atoms with Crippen LogP contribution in [0.15, 0.2) is 24.3 Å². The van der Waals surface area contributed by atoms with Crippen LogP contribution in [-0.2, 0) is 4.79 Å². The van der Waals surface area contributed by atoms with E-state index in [1.807, 2.05) is 6.92 Å². The molecule has 0 spiro atoms. The molecule has 0 unspecified atom stereocenters. The van der Waals surface area contributed by atoms with Crippen LogP contribution in [0.1, 0.15) is 13.3 Å². The fraction of sp³-hybridized carbons (Fsp3) is 0.385. The molecule has 0 aliphatic rings. The molecule has 0 aliphatic carbocycles. The molecule has 3 amide bonds. The summed E-state index contributed by atoms with van der Waals surface area (Å²) in [6.07, 6.45) is 0.748. The molecule has 0 bridgehead atoms. The minimum absolute atomic E-state index is 0.0734. The van der Waals surface area contributed by atoms with Gasteiger partial charge in [0.15, 0.2) is 0 Å². The molecule has 1 rings (SSSR count). The van der Waals surface area contributed by atoms with Crippen LogP contribution < -0.4 is 20.7 Å². The van der Waals surface area contributed by atoms with Crippen molar-refractivity contribution in [3.05, 3.63) is 24.3 Å². The number of rotatable bonds is 7. The lowest BCUT2D eigenvalue weighted by molar-refractivity contribution is -0.118. The van der Waals surface area contributed by atoms with E-state index in [-0.39, 0.29) is 18.0 Å². The van der Waals surface area contributed by atoms with Crippen molar-refractivity contribution in [3.8, 4) is 5.75 Å². The Morgan fingerprint density at radius 3 is 2.67 bits per heavy atom. The van der Waals surface area contributed by atoms with E-state index in [1.54, 1.807) is 6.07 Å². The molecule has 0 atom stereocenters. The number of carbonyl (C=O) groups is 2. The summed E-state index contributed by atoms with van der Waals surface area (Å²) < 4.78 is 28.7. The molecule has 8 heteroatoms. The molecular weight excluding hydrogens is 284 g/mol. The third-order valence-electron chi connectivity index (χ3n) is 2.33. The van der Waals surface area contributed by atoms with Crippen LogP contribution in [0, 0.1) is 0 Å². The van der Waals surface area contributed by atoms with E-state index in [1.165, 1.54) is 18.2 Å². The quantitative estimate of drug-likeness (QED) is 0.719. The average Bonchev–Trinajstić information content (AvgIpc) is 2.43. The number of halogens is 2. The molecule has 0 saturated carbocycles. The predicted octanol–water partition coefficient (Wildman–Crippen LogP) is 1.94. The van der Waals surface area contributed by atoms with Crippen LogP contribution in [0.25, 0.3) is 0 Å². The van der Waals surface area contributed by atoms with Gasteiger partial charge in [0.2, 0.25) is 5.91 Å². The summed E-state index contributed by atoms with van der Waals surface area (Å²) in [5, 5.41) is 7.21. The second-order valence-corrected chi connectivity index (χ2v) is 4.03. The number of amides is 3. The molecule has 0 fully saturated rings. The smallest absolute Gasteiger partial charge is 0.387 e. The Bertz CT molecular complexity index is 483. The van der Waals surface area contributed by atoms with Crippen LogP contribution in [0.5, 0.6) is 5.75 Å². The molecule has 0 heterocycles. The molecule has 0 aromatic heterocycles. The molecule has 116 valence electrons. The van der Waals surface area contributed by atoms with Gasteiger partial charge in [0.25, 0.3) is 0 Å². The van der Waals surface area contributed by atoms with E-state index in [4.69, 9.17) is 0 Å². The maximum atomic E-state index is 12.2. The van der Waals surface area contributed by atoms with E-state index >= 15 is 0 Å². The summed E-state index contributed by atoms with van der Waals surface area (Å²) in [4.78, 5) is 22.7. The first-order chi connectivity index (χ1) is 10.0. The Labute approximate surface area is 120 Å². The lowest BCUT2D eigenvalue weighted by Crippen LogP contribution is -2.42. The van der Waals surface area contributed by atoms with Gasteiger partial charge < -0.3 is 15.4 Å². The Morgan fingerprint density at radius 2 is 2.00 bits per heavy atom. The molecule has 0 aliphatic heterocycles. The van der Waals surface area contributed by atoms with E-state index in [9.17, 15) is 18.4 Å². The molecule has 1 aromatic rings. The zero-order chi connectivity index (χ0) is 15.7. The Hall–Kier alpha value is -2.38. The summed E-state index contributed by atoms with van der Waals surface area (Å²) in [6.45, 7) is -0.869. The van der Waals surface area contributed by atoms with E-state index < -0.39 is 18.5 Å². The van der Waals surface area contributed by atoms with Crippen LogP contribution in [0.3, 0.4) is 0 Å². The Morgan fingerprint density at radius 1 is 1.29 bits per heavy atom. The van der Waals surface area contributed by atoms with Crippen molar-refractivity contribution in [2.45, 2.75) is 20.0 Å². The maximum absolute atomic E-state index is 12.2. The van der Waals surface area contributed by atoms with Gasteiger partial charge in [-0.1, -0.05) is 19.1 Å². The number of carbonyl (C=O) groups excluding carboxylic acids is 2. The SMILES string of the molecule is CCCNC(=O)NC(=O)CNc1ccccc1OC(F)F. The monoisotopic (exact) mass is 301 g/mol. The molecule has 21 heavy (non-hydrogen) atoms. The number of anilines is 1. The fourth-order valence-electron chi connectivity index (χ4n) is 1.44. The number of imide groups is 1. The van der Waals surface area contributed by atoms with Gasteiger partial charge in [0, 0.05) is 6.54 Å². The maximum Gasteiger partial charge on any atom is 0.387 e. The largest absolute Gasteiger partial charge is 0.433 e. The number of nitrogens with one attached hydrogen (secondary N) is 3. The normalized spacial score (nSPS) is 10.1. The van der Waals surface area contributed by atoms with Gasteiger partial charge in [-0.2, -0.15) is 8.78 Å². The van der Waals surface area contributed by atoms with Crippen molar-refractivity contribution in [2.24, 2.45) is 0 Å². The van der Waals surface area contributed by atoms with E-state index in [0.29, 0.717) is 6.54 Å². The van der Waals surface area contributed by atoms with E-state index in [0.717, 1.165) is 6.42 Å². The Balaban J connectivity index is 2.47. The number of ether oxygens (including phenoxy) is 1. The molecule has 6 nitrogen and oxygen atoms in total. The average molecular weight is 301 g/mol. The summed E-state index contributed by atoms with van der Waals surface area (Å²) in [7, 11) is 0. The zero-order valence-electron chi connectivity index (χ0n) is 11.5. The van der Waals surface area contributed by atoms with Gasteiger partial charge >= 0.3 is 12.6 Å². The summed E-state index contributed by atoms with van der Waals surface area (Å²) >= 11 is 0. The van der Waals surface area contributed by atoms with E-state index in [2.05, 4.69) is 20.7 Å². The molecular formula is C13H17F2N3O3. The number of hydrogen-bond donors (Lipinski definition) is 3.